The topological polar surface area (TPSA) is 76.6 Å². The Labute approximate surface area is 146 Å². The first-order valence-electron chi connectivity index (χ1n) is 7.35. The van der Waals surface area contributed by atoms with Crippen molar-refractivity contribution in [2.45, 2.75) is 38.0 Å². The second-order valence-corrected chi connectivity index (χ2v) is 8.95. The van der Waals surface area contributed by atoms with Gasteiger partial charge in [0.1, 0.15) is 5.75 Å². The fourth-order valence-electron chi connectivity index (χ4n) is 2.20. The molecule has 0 spiro atoms. The number of aromatic nitrogens is 1. The van der Waals surface area contributed by atoms with Gasteiger partial charge in [-0.25, -0.2) is 13.4 Å². The predicted molar refractivity (Wildman–Crippen MR) is 94.8 cm³/mol. The first kappa shape index (κ1) is 18.4. The van der Waals surface area contributed by atoms with Crippen LogP contribution in [0.2, 0.25) is 0 Å². The molecular formula is C16H20N2O4S2. The van der Waals surface area contributed by atoms with Crippen LogP contribution < -0.4 is 9.04 Å². The number of rotatable bonds is 6. The number of aldehydes is 1. The minimum absolute atomic E-state index is 0.0844. The summed E-state index contributed by atoms with van der Waals surface area (Å²) in [7, 11) is -2.28. The molecule has 2 rings (SSSR count). The van der Waals surface area contributed by atoms with Gasteiger partial charge >= 0.3 is 0 Å². The highest BCUT2D eigenvalue weighted by molar-refractivity contribution is 7.94. The summed E-state index contributed by atoms with van der Waals surface area (Å²) < 4.78 is 32.5. The number of anilines is 1. The van der Waals surface area contributed by atoms with Gasteiger partial charge in [0.05, 0.1) is 28.1 Å². The molecule has 24 heavy (non-hydrogen) atoms. The van der Waals surface area contributed by atoms with Crippen molar-refractivity contribution in [3.05, 3.63) is 34.5 Å². The summed E-state index contributed by atoms with van der Waals surface area (Å²) >= 11 is 1.13. The van der Waals surface area contributed by atoms with Gasteiger partial charge in [0, 0.05) is 7.05 Å². The molecule has 1 heterocycles. The van der Waals surface area contributed by atoms with E-state index in [0.29, 0.717) is 34.0 Å². The van der Waals surface area contributed by atoms with Crippen molar-refractivity contribution in [3.8, 4) is 5.75 Å². The number of carbonyl (C=O) groups excluding carboxylic acids is 1. The molecule has 0 fully saturated rings. The molecule has 1 aromatic heterocycles. The third-order valence-corrected chi connectivity index (χ3v) is 6.75. The van der Waals surface area contributed by atoms with Crippen molar-refractivity contribution < 1.29 is 17.9 Å². The molecule has 2 aromatic rings. The summed E-state index contributed by atoms with van der Waals surface area (Å²) in [6.45, 7) is 7.14. The minimum atomic E-state index is -3.73. The zero-order valence-electron chi connectivity index (χ0n) is 14.2. The van der Waals surface area contributed by atoms with Crippen molar-refractivity contribution in [1.82, 2.24) is 4.98 Å². The lowest BCUT2D eigenvalue weighted by atomic mass is 10.2. The standard InChI is InChI=1S/C16H20N2O4S2/c1-10(2)22-15-7-6-14(8-13(15)9-19)18(5)24(20,21)16-11(3)17-12(4)23-16/h6-10H,1-5H3. The number of ether oxygens (including phenoxy) is 1. The van der Waals surface area contributed by atoms with Crippen LogP contribution in [0.4, 0.5) is 5.69 Å². The van der Waals surface area contributed by atoms with Crippen LogP contribution in [0.5, 0.6) is 5.75 Å². The Morgan fingerprint density at radius 3 is 2.46 bits per heavy atom. The van der Waals surface area contributed by atoms with Crippen molar-refractivity contribution in [3.63, 3.8) is 0 Å². The zero-order valence-corrected chi connectivity index (χ0v) is 15.9. The molecule has 0 saturated heterocycles. The van der Waals surface area contributed by atoms with Crippen molar-refractivity contribution in [2.24, 2.45) is 0 Å². The molecule has 0 aliphatic rings. The monoisotopic (exact) mass is 368 g/mol. The Morgan fingerprint density at radius 2 is 1.96 bits per heavy atom. The average molecular weight is 368 g/mol. The lowest BCUT2D eigenvalue weighted by Crippen LogP contribution is -2.26. The molecule has 0 aliphatic heterocycles. The summed E-state index contributed by atoms with van der Waals surface area (Å²) in [6, 6.07) is 4.73. The zero-order chi connectivity index (χ0) is 18.1. The van der Waals surface area contributed by atoms with Crippen LogP contribution in [0.25, 0.3) is 0 Å². The predicted octanol–water partition coefficient (Wildman–Crippen LogP) is 3.18. The minimum Gasteiger partial charge on any atom is -0.490 e. The van der Waals surface area contributed by atoms with Crippen LogP contribution >= 0.6 is 11.3 Å². The smallest absolute Gasteiger partial charge is 0.275 e. The van der Waals surface area contributed by atoms with E-state index in [-0.39, 0.29) is 10.3 Å². The molecule has 0 atom stereocenters. The molecule has 130 valence electrons. The Bertz CT molecular complexity index is 857. The number of benzene rings is 1. The molecule has 0 unspecified atom stereocenters. The molecule has 8 heteroatoms. The Hall–Kier alpha value is -1.93. The van der Waals surface area contributed by atoms with E-state index in [1.54, 1.807) is 26.0 Å². The summed E-state index contributed by atoms with van der Waals surface area (Å²) in [5, 5.41) is 0.689. The molecule has 0 saturated carbocycles. The Kier molecular flexibility index (Phi) is 5.29. The van der Waals surface area contributed by atoms with Gasteiger partial charge in [-0.3, -0.25) is 9.10 Å². The second-order valence-electron chi connectivity index (χ2n) is 5.58. The molecule has 1 aromatic carbocycles. The molecule has 0 radical (unpaired) electrons. The normalized spacial score (nSPS) is 11.6. The maximum absolute atomic E-state index is 12.8. The summed E-state index contributed by atoms with van der Waals surface area (Å²) in [4.78, 5) is 15.5. The number of thiazole rings is 1. The van der Waals surface area contributed by atoms with Gasteiger partial charge in [0.25, 0.3) is 10.0 Å². The lowest BCUT2D eigenvalue weighted by molar-refractivity contribution is 0.111. The van der Waals surface area contributed by atoms with Gasteiger partial charge in [-0.1, -0.05) is 0 Å². The SMILES string of the molecule is Cc1nc(C)c(S(=O)(=O)N(C)c2ccc(OC(C)C)c(C=O)c2)s1. The second kappa shape index (κ2) is 6.90. The van der Waals surface area contributed by atoms with Gasteiger partial charge in [0.2, 0.25) is 0 Å². The number of nitrogens with zero attached hydrogens (tertiary/aromatic N) is 2. The maximum atomic E-state index is 12.8. The molecule has 0 N–H and O–H groups in total. The first-order chi connectivity index (χ1) is 11.2. The third kappa shape index (κ3) is 3.59. The van der Waals surface area contributed by atoms with Gasteiger partial charge in [0.15, 0.2) is 10.5 Å². The van der Waals surface area contributed by atoms with Crippen LogP contribution in [0, 0.1) is 13.8 Å². The summed E-state index contributed by atoms with van der Waals surface area (Å²) in [6.07, 6.45) is 0.572. The molecule has 0 bridgehead atoms. The molecule has 0 amide bonds. The van der Waals surface area contributed by atoms with Crippen LogP contribution in [0.15, 0.2) is 22.4 Å². The van der Waals surface area contributed by atoms with Crippen LogP contribution in [-0.4, -0.2) is 32.8 Å². The van der Waals surface area contributed by atoms with Crippen molar-refractivity contribution in [1.29, 1.82) is 0 Å². The van der Waals surface area contributed by atoms with Gasteiger partial charge < -0.3 is 4.74 Å². The van der Waals surface area contributed by atoms with Gasteiger partial charge in [-0.2, -0.15) is 0 Å². The fourth-order valence-corrected chi connectivity index (χ4v) is 5.02. The van der Waals surface area contributed by atoms with Gasteiger partial charge in [-0.05, 0) is 45.9 Å². The largest absolute Gasteiger partial charge is 0.490 e. The highest BCUT2D eigenvalue weighted by Crippen LogP contribution is 2.31. The number of hydrogen-bond donors (Lipinski definition) is 0. The van der Waals surface area contributed by atoms with E-state index in [4.69, 9.17) is 4.74 Å². The lowest BCUT2D eigenvalue weighted by Gasteiger charge is -2.20. The number of aryl methyl sites for hydroxylation is 2. The van der Waals surface area contributed by atoms with Crippen molar-refractivity contribution >= 4 is 33.3 Å². The molecule has 0 aliphatic carbocycles. The van der Waals surface area contributed by atoms with Crippen molar-refractivity contribution in [2.75, 3.05) is 11.4 Å². The van der Waals surface area contributed by atoms with E-state index in [1.807, 2.05) is 13.8 Å². The quantitative estimate of drug-likeness (QED) is 0.732. The van der Waals surface area contributed by atoms with E-state index in [2.05, 4.69) is 4.98 Å². The third-order valence-electron chi connectivity index (χ3n) is 3.30. The summed E-state index contributed by atoms with van der Waals surface area (Å²) in [5.41, 5.74) is 1.17. The maximum Gasteiger partial charge on any atom is 0.275 e. The van der Waals surface area contributed by atoms with Crippen LogP contribution in [0.3, 0.4) is 0 Å². The number of carbonyl (C=O) groups is 1. The van der Waals surface area contributed by atoms with E-state index < -0.39 is 10.0 Å². The van der Waals surface area contributed by atoms with E-state index in [0.717, 1.165) is 15.6 Å². The average Bonchev–Trinajstić information content (AvgIpc) is 2.85. The summed E-state index contributed by atoms with van der Waals surface area (Å²) in [5.74, 6) is 0.430. The highest BCUT2D eigenvalue weighted by Gasteiger charge is 2.27. The van der Waals surface area contributed by atoms with Crippen LogP contribution in [0.1, 0.15) is 34.9 Å². The number of hydrogen-bond acceptors (Lipinski definition) is 6. The fraction of sp³-hybridized carbons (Fsp3) is 0.375. The Balaban J connectivity index is 2.44. The molecular weight excluding hydrogens is 348 g/mol. The Morgan fingerprint density at radius 1 is 1.29 bits per heavy atom. The van der Waals surface area contributed by atoms with E-state index >= 15 is 0 Å². The van der Waals surface area contributed by atoms with Crippen LogP contribution in [-0.2, 0) is 10.0 Å². The molecule has 6 nitrogen and oxygen atoms in total. The van der Waals surface area contributed by atoms with Gasteiger partial charge in [-0.15, -0.1) is 11.3 Å². The van der Waals surface area contributed by atoms with E-state index in [1.165, 1.54) is 13.1 Å². The number of sulfonamides is 1. The highest BCUT2D eigenvalue weighted by atomic mass is 32.2. The van der Waals surface area contributed by atoms with E-state index in [9.17, 15) is 13.2 Å². The first-order valence-corrected chi connectivity index (χ1v) is 9.61.